The Bertz CT molecular complexity index is 303. The Morgan fingerprint density at radius 2 is 2.17 bits per heavy atom. The molecule has 0 aromatic rings. The molecule has 0 spiro atoms. The van der Waals surface area contributed by atoms with E-state index in [1.54, 1.807) is 0 Å². The number of carbonyl (C=O) groups excluding carboxylic acids is 1. The molecule has 2 atom stereocenters. The molecule has 2 unspecified atom stereocenters. The van der Waals surface area contributed by atoms with Crippen molar-refractivity contribution in [3.63, 3.8) is 0 Å². The predicted octanol–water partition coefficient (Wildman–Crippen LogP) is 3.21. The summed E-state index contributed by atoms with van der Waals surface area (Å²) in [5.41, 5.74) is 0. The minimum atomic E-state index is 0.319. The lowest BCUT2D eigenvalue weighted by Crippen LogP contribution is -2.37. The molecule has 1 saturated carbocycles. The topological polar surface area (TPSA) is 20.3 Å². The highest BCUT2D eigenvalue weighted by Crippen LogP contribution is 2.32. The lowest BCUT2D eigenvalue weighted by Gasteiger charge is -2.30. The Balaban J connectivity index is 1.87. The molecule has 2 aliphatic rings. The number of hydrogen-bond donors (Lipinski definition) is 0. The van der Waals surface area contributed by atoms with Gasteiger partial charge in [-0.2, -0.15) is 11.8 Å². The molecule has 2 rings (SSSR count). The van der Waals surface area contributed by atoms with E-state index >= 15 is 0 Å². The second-order valence-corrected chi connectivity index (χ2v) is 8.50. The molecule has 0 amide bonds. The maximum atomic E-state index is 12.0. The van der Waals surface area contributed by atoms with Gasteiger partial charge in [-0.3, -0.25) is 4.79 Å². The molecule has 0 bridgehead atoms. The molecule has 1 aliphatic carbocycles. The average Bonchev–Trinajstić information content (AvgIpc) is 2.46. The van der Waals surface area contributed by atoms with E-state index in [0.717, 1.165) is 44.8 Å². The molecule has 1 heterocycles. The molecule has 2 nitrogen and oxygen atoms in total. The maximum Gasteiger partial charge on any atom is 0.137 e. The van der Waals surface area contributed by atoms with Crippen LogP contribution in [-0.4, -0.2) is 40.8 Å². The third-order valence-corrected chi connectivity index (χ3v) is 5.81. The third-order valence-electron chi connectivity index (χ3n) is 4.43. The first kappa shape index (κ1) is 14.4. The van der Waals surface area contributed by atoms with Crippen LogP contribution in [0.3, 0.4) is 0 Å². The van der Waals surface area contributed by atoms with Crippen LogP contribution in [0.1, 0.15) is 46.5 Å². The lowest BCUT2D eigenvalue weighted by atomic mass is 9.81. The Morgan fingerprint density at radius 3 is 2.94 bits per heavy atom. The van der Waals surface area contributed by atoms with Crippen LogP contribution in [-0.2, 0) is 4.79 Å². The summed E-state index contributed by atoms with van der Waals surface area (Å²) in [6, 6.07) is 0. The zero-order valence-corrected chi connectivity index (χ0v) is 12.9. The number of hydrogen-bond acceptors (Lipinski definition) is 3. The van der Waals surface area contributed by atoms with Crippen LogP contribution in [0.15, 0.2) is 0 Å². The van der Waals surface area contributed by atoms with Gasteiger partial charge in [-0.05, 0) is 31.7 Å². The van der Waals surface area contributed by atoms with Crippen LogP contribution in [0.5, 0.6) is 0 Å². The molecule has 2 fully saturated rings. The monoisotopic (exact) mass is 269 g/mol. The van der Waals surface area contributed by atoms with Crippen molar-refractivity contribution >= 4 is 17.5 Å². The molecular formula is C15H27NOS. The van der Waals surface area contributed by atoms with Crippen LogP contribution in [0.25, 0.3) is 0 Å². The first-order valence-electron chi connectivity index (χ1n) is 7.35. The standard InChI is InChI=1S/C15H27NOS/c1-12-4-5-14(17)13(10-12)11-16-7-6-15(2,3)18-9-8-16/h12-13H,4-11H2,1-3H3. The first-order chi connectivity index (χ1) is 8.46. The largest absolute Gasteiger partial charge is 0.302 e. The zero-order chi connectivity index (χ0) is 13.2. The van der Waals surface area contributed by atoms with E-state index in [0.29, 0.717) is 16.4 Å². The SMILES string of the molecule is CC1CCC(=O)C(CN2CCSC(C)(C)CC2)C1. The highest BCUT2D eigenvalue weighted by atomic mass is 32.2. The van der Waals surface area contributed by atoms with Crippen LogP contribution < -0.4 is 0 Å². The Kier molecular flexibility index (Phi) is 4.76. The highest BCUT2D eigenvalue weighted by molar-refractivity contribution is 8.00. The van der Waals surface area contributed by atoms with Gasteiger partial charge in [0.05, 0.1) is 0 Å². The van der Waals surface area contributed by atoms with Crippen molar-refractivity contribution in [3.05, 3.63) is 0 Å². The quantitative estimate of drug-likeness (QED) is 0.768. The van der Waals surface area contributed by atoms with Gasteiger partial charge in [0.15, 0.2) is 0 Å². The van der Waals surface area contributed by atoms with Gasteiger partial charge in [-0.15, -0.1) is 0 Å². The second-order valence-electron chi connectivity index (χ2n) is 6.70. The second kappa shape index (κ2) is 5.96. The number of rotatable bonds is 2. The summed E-state index contributed by atoms with van der Waals surface area (Å²) < 4.78 is 0.415. The Labute approximate surface area is 116 Å². The van der Waals surface area contributed by atoms with Crippen molar-refractivity contribution in [3.8, 4) is 0 Å². The summed E-state index contributed by atoms with van der Waals surface area (Å²) in [5, 5.41) is 0. The van der Waals surface area contributed by atoms with Crippen molar-refractivity contribution < 1.29 is 4.79 Å². The fourth-order valence-electron chi connectivity index (χ4n) is 3.06. The van der Waals surface area contributed by atoms with E-state index in [4.69, 9.17) is 0 Å². The fourth-order valence-corrected chi connectivity index (χ4v) is 4.20. The summed E-state index contributed by atoms with van der Waals surface area (Å²) in [4.78, 5) is 14.5. The number of nitrogens with zero attached hydrogens (tertiary/aromatic N) is 1. The molecule has 1 saturated heterocycles. The van der Waals surface area contributed by atoms with Crippen molar-refractivity contribution in [1.82, 2.24) is 4.90 Å². The van der Waals surface area contributed by atoms with Gasteiger partial charge in [0.2, 0.25) is 0 Å². The summed E-state index contributed by atoms with van der Waals surface area (Å²) in [6.45, 7) is 10.3. The molecule has 0 N–H and O–H groups in total. The lowest BCUT2D eigenvalue weighted by molar-refractivity contribution is -0.126. The summed E-state index contributed by atoms with van der Waals surface area (Å²) in [6.07, 6.45) is 4.29. The van der Waals surface area contributed by atoms with E-state index in [9.17, 15) is 4.79 Å². The van der Waals surface area contributed by atoms with Gasteiger partial charge in [0.25, 0.3) is 0 Å². The molecule has 3 heteroatoms. The summed E-state index contributed by atoms with van der Waals surface area (Å²) in [5.74, 6) is 2.79. The minimum Gasteiger partial charge on any atom is -0.302 e. The normalized spacial score (nSPS) is 34.3. The van der Waals surface area contributed by atoms with Crippen LogP contribution in [0.2, 0.25) is 0 Å². The van der Waals surface area contributed by atoms with Crippen LogP contribution in [0.4, 0.5) is 0 Å². The molecule has 104 valence electrons. The third kappa shape index (κ3) is 3.99. The number of Topliss-reactive ketones (excluding diaryl/α,β-unsaturated/α-hetero) is 1. The first-order valence-corrected chi connectivity index (χ1v) is 8.34. The molecule has 0 aromatic carbocycles. The van der Waals surface area contributed by atoms with Crippen molar-refractivity contribution in [2.24, 2.45) is 11.8 Å². The average molecular weight is 269 g/mol. The number of carbonyl (C=O) groups is 1. The molecule has 18 heavy (non-hydrogen) atoms. The van der Waals surface area contributed by atoms with Crippen molar-refractivity contribution in [2.45, 2.75) is 51.2 Å². The fraction of sp³-hybridized carbons (Fsp3) is 0.933. The number of ketones is 1. The Hall–Kier alpha value is -0.0200. The molecular weight excluding hydrogens is 242 g/mol. The smallest absolute Gasteiger partial charge is 0.137 e. The minimum absolute atomic E-state index is 0.319. The van der Waals surface area contributed by atoms with Crippen LogP contribution in [0, 0.1) is 11.8 Å². The van der Waals surface area contributed by atoms with Gasteiger partial charge in [0, 0.05) is 35.9 Å². The van der Waals surface area contributed by atoms with Crippen molar-refractivity contribution in [2.75, 3.05) is 25.4 Å². The molecule has 1 aliphatic heterocycles. The molecule has 0 aromatic heterocycles. The Morgan fingerprint density at radius 1 is 1.39 bits per heavy atom. The van der Waals surface area contributed by atoms with E-state index in [1.165, 1.54) is 12.2 Å². The van der Waals surface area contributed by atoms with Crippen LogP contribution >= 0.6 is 11.8 Å². The van der Waals surface area contributed by atoms with E-state index in [-0.39, 0.29) is 0 Å². The van der Waals surface area contributed by atoms with E-state index < -0.39 is 0 Å². The van der Waals surface area contributed by atoms with Crippen molar-refractivity contribution in [1.29, 1.82) is 0 Å². The van der Waals surface area contributed by atoms with Gasteiger partial charge in [0.1, 0.15) is 5.78 Å². The predicted molar refractivity (Wildman–Crippen MR) is 79.1 cm³/mol. The van der Waals surface area contributed by atoms with Gasteiger partial charge < -0.3 is 4.90 Å². The van der Waals surface area contributed by atoms with Gasteiger partial charge >= 0.3 is 0 Å². The van der Waals surface area contributed by atoms with Gasteiger partial charge in [-0.25, -0.2) is 0 Å². The zero-order valence-electron chi connectivity index (χ0n) is 12.1. The van der Waals surface area contributed by atoms with E-state index in [2.05, 4.69) is 37.4 Å². The number of thioether (sulfide) groups is 1. The summed E-state index contributed by atoms with van der Waals surface area (Å²) in [7, 11) is 0. The van der Waals surface area contributed by atoms with Gasteiger partial charge in [-0.1, -0.05) is 20.8 Å². The van der Waals surface area contributed by atoms with E-state index in [1.807, 2.05) is 0 Å². The maximum absolute atomic E-state index is 12.0. The highest BCUT2D eigenvalue weighted by Gasteiger charge is 2.30. The summed E-state index contributed by atoms with van der Waals surface area (Å²) >= 11 is 2.08. The molecule has 0 radical (unpaired) electrons.